The first-order chi connectivity index (χ1) is 9.51. The van der Waals surface area contributed by atoms with E-state index in [1.165, 1.54) is 12.1 Å². The third kappa shape index (κ3) is 3.71. The van der Waals surface area contributed by atoms with Crippen molar-refractivity contribution in [2.45, 2.75) is 12.5 Å². The Balaban J connectivity index is 2.23. The maximum Gasteiger partial charge on any atom is 0.142 e. The largest absolute Gasteiger partial charge is 0.271 e. The van der Waals surface area contributed by atoms with Gasteiger partial charge < -0.3 is 0 Å². The lowest BCUT2D eigenvalue weighted by Gasteiger charge is -2.17. The molecule has 0 fully saturated rings. The monoisotopic (exact) mass is 376 g/mol. The summed E-state index contributed by atoms with van der Waals surface area (Å²) < 4.78 is 14.3. The fraction of sp³-hybridized carbons (Fsp3) is 0.143. The Morgan fingerprint density at radius 3 is 2.50 bits per heavy atom. The molecule has 0 heterocycles. The minimum Gasteiger partial charge on any atom is -0.271 e. The molecule has 0 bridgehead atoms. The molecular weight excluding hydrogens is 366 g/mol. The van der Waals surface area contributed by atoms with Gasteiger partial charge in [-0.3, -0.25) is 11.3 Å². The first-order valence-electron chi connectivity index (χ1n) is 5.86. The molecule has 2 nitrogen and oxygen atoms in total. The van der Waals surface area contributed by atoms with Gasteiger partial charge in [-0.25, -0.2) is 4.39 Å². The molecular formula is C14H12BrCl2FN2. The zero-order chi connectivity index (χ0) is 14.7. The van der Waals surface area contributed by atoms with Crippen LogP contribution < -0.4 is 11.3 Å². The highest BCUT2D eigenvalue weighted by Crippen LogP contribution is 2.28. The van der Waals surface area contributed by atoms with E-state index < -0.39 is 5.82 Å². The maximum absolute atomic E-state index is 13.4. The molecule has 0 spiro atoms. The summed E-state index contributed by atoms with van der Waals surface area (Å²) in [5, 5.41) is 0.711. The summed E-state index contributed by atoms with van der Waals surface area (Å²) in [4.78, 5) is 0. The number of hydrogen-bond acceptors (Lipinski definition) is 2. The van der Waals surface area contributed by atoms with Crippen LogP contribution in [0.4, 0.5) is 4.39 Å². The van der Waals surface area contributed by atoms with Gasteiger partial charge in [0.15, 0.2) is 0 Å². The molecule has 0 aliphatic rings. The quantitative estimate of drug-likeness (QED) is 0.601. The second kappa shape index (κ2) is 6.87. The van der Waals surface area contributed by atoms with Crippen LogP contribution in [-0.2, 0) is 6.42 Å². The summed E-state index contributed by atoms with van der Waals surface area (Å²) in [5.74, 6) is 5.15. The molecule has 0 radical (unpaired) electrons. The summed E-state index contributed by atoms with van der Waals surface area (Å²) in [6.07, 6.45) is 0.530. The average molecular weight is 378 g/mol. The SMILES string of the molecule is NNC(Cc1ccc(Cl)c(F)c1)c1ccc(Br)c(Cl)c1. The van der Waals surface area contributed by atoms with Gasteiger partial charge in [-0.1, -0.05) is 35.3 Å². The third-order valence-electron chi connectivity index (χ3n) is 2.97. The molecule has 2 aromatic carbocycles. The van der Waals surface area contributed by atoms with Crippen molar-refractivity contribution in [1.82, 2.24) is 5.43 Å². The second-order valence-corrected chi connectivity index (χ2v) is 6.01. The van der Waals surface area contributed by atoms with Crippen molar-refractivity contribution in [2.75, 3.05) is 0 Å². The molecule has 2 aromatic rings. The molecule has 6 heteroatoms. The van der Waals surface area contributed by atoms with E-state index in [1.807, 2.05) is 18.2 Å². The zero-order valence-electron chi connectivity index (χ0n) is 10.3. The molecule has 0 saturated carbocycles. The fourth-order valence-electron chi connectivity index (χ4n) is 1.90. The van der Waals surface area contributed by atoms with E-state index >= 15 is 0 Å². The summed E-state index contributed by atoms with van der Waals surface area (Å²) >= 11 is 15.1. The Bertz CT molecular complexity index is 622. The zero-order valence-corrected chi connectivity index (χ0v) is 13.4. The minimum absolute atomic E-state index is 0.109. The average Bonchev–Trinajstić information content (AvgIpc) is 2.43. The first-order valence-corrected chi connectivity index (χ1v) is 7.41. The molecule has 1 atom stereocenters. The van der Waals surface area contributed by atoms with Gasteiger partial charge in [-0.15, -0.1) is 0 Å². The maximum atomic E-state index is 13.4. The van der Waals surface area contributed by atoms with Crippen LogP contribution in [-0.4, -0.2) is 0 Å². The highest BCUT2D eigenvalue weighted by Gasteiger charge is 2.13. The standard InChI is InChI=1S/C14H12BrCl2FN2/c15-10-3-2-9(7-12(10)17)14(20-19)6-8-1-4-11(16)13(18)5-8/h1-5,7,14,20H,6,19H2. The van der Waals surface area contributed by atoms with E-state index in [2.05, 4.69) is 21.4 Å². The molecule has 106 valence electrons. The van der Waals surface area contributed by atoms with Crippen LogP contribution in [0, 0.1) is 5.82 Å². The van der Waals surface area contributed by atoms with Gasteiger partial charge in [-0.2, -0.15) is 0 Å². The number of hydrogen-bond donors (Lipinski definition) is 2. The molecule has 3 N–H and O–H groups in total. The molecule has 2 rings (SSSR count). The molecule has 0 saturated heterocycles. The van der Waals surface area contributed by atoms with E-state index in [-0.39, 0.29) is 11.1 Å². The summed E-state index contributed by atoms with van der Waals surface area (Å²) in [6, 6.07) is 10.1. The lowest BCUT2D eigenvalue weighted by Crippen LogP contribution is -2.29. The molecule has 0 aromatic heterocycles. The topological polar surface area (TPSA) is 38.0 Å². The summed E-state index contributed by atoms with van der Waals surface area (Å²) in [7, 11) is 0. The molecule has 0 aliphatic heterocycles. The van der Waals surface area contributed by atoms with Crippen molar-refractivity contribution in [2.24, 2.45) is 5.84 Å². The smallest absolute Gasteiger partial charge is 0.142 e. The normalized spacial score (nSPS) is 12.4. The lowest BCUT2D eigenvalue weighted by atomic mass is 9.99. The van der Waals surface area contributed by atoms with Gasteiger partial charge >= 0.3 is 0 Å². The highest BCUT2D eigenvalue weighted by atomic mass is 79.9. The minimum atomic E-state index is -0.436. The van der Waals surface area contributed by atoms with Gasteiger partial charge in [0, 0.05) is 4.47 Å². The predicted molar refractivity (Wildman–Crippen MR) is 84.3 cm³/mol. The Hall–Kier alpha value is -0.650. The summed E-state index contributed by atoms with van der Waals surface area (Å²) in [5.41, 5.74) is 4.45. The molecule has 1 unspecified atom stereocenters. The van der Waals surface area contributed by atoms with Crippen molar-refractivity contribution in [1.29, 1.82) is 0 Å². The van der Waals surface area contributed by atoms with Gasteiger partial charge in [0.05, 0.1) is 16.1 Å². The van der Waals surface area contributed by atoms with E-state index in [0.717, 1.165) is 15.6 Å². The van der Waals surface area contributed by atoms with Gasteiger partial charge in [0.2, 0.25) is 0 Å². The van der Waals surface area contributed by atoms with Crippen molar-refractivity contribution >= 4 is 39.1 Å². The van der Waals surface area contributed by atoms with Gasteiger partial charge in [-0.05, 0) is 57.7 Å². The number of nitrogens with two attached hydrogens (primary N) is 1. The Morgan fingerprint density at radius 2 is 1.90 bits per heavy atom. The van der Waals surface area contributed by atoms with Crippen LogP contribution >= 0.6 is 39.1 Å². The number of hydrazine groups is 1. The summed E-state index contributed by atoms with van der Waals surface area (Å²) in [6.45, 7) is 0. The van der Waals surface area contributed by atoms with Crippen molar-refractivity contribution in [3.63, 3.8) is 0 Å². The lowest BCUT2D eigenvalue weighted by molar-refractivity contribution is 0.548. The van der Waals surface area contributed by atoms with Crippen molar-refractivity contribution in [3.05, 3.63) is 67.9 Å². The van der Waals surface area contributed by atoms with E-state index in [0.29, 0.717) is 11.4 Å². The van der Waals surface area contributed by atoms with Crippen LogP contribution in [0.1, 0.15) is 17.2 Å². The first kappa shape index (κ1) is 15.7. The highest BCUT2D eigenvalue weighted by molar-refractivity contribution is 9.10. The van der Waals surface area contributed by atoms with Crippen LogP contribution in [0.15, 0.2) is 40.9 Å². The number of halogens is 4. The van der Waals surface area contributed by atoms with E-state index in [4.69, 9.17) is 29.0 Å². The van der Waals surface area contributed by atoms with Crippen molar-refractivity contribution < 1.29 is 4.39 Å². The second-order valence-electron chi connectivity index (χ2n) is 4.35. The molecule has 20 heavy (non-hydrogen) atoms. The Kier molecular flexibility index (Phi) is 5.41. The van der Waals surface area contributed by atoms with Crippen molar-refractivity contribution in [3.8, 4) is 0 Å². The van der Waals surface area contributed by atoms with Crippen LogP contribution in [0.25, 0.3) is 0 Å². The number of nitrogens with one attached hydrogen (secondary N) is 1. The Labute approximate surface area is 135 Å². The van der Waals surface area contributed by atoms with Crippen LogP contribution in [0.3, 0.4) is 0 Å². The van der Waals surface area contributed by atoms with E-state index in [9.17, 15) is 4.39 Å². The van der Waals surface area contributed by atoms with Crippen LogP contribution in [0.2, 0.25) is 10.0 Å². The third-order valence-corrected chi connectivity index (χ3v) is 4.51. The van der Waals surface area contributed by atoms with Gasteiger partial charge in [0.1, 0.15) is 5.82 Å². The fourth-order valence-corrected chi connectivity index (χ4v) is 2.46. The van der Waals surface area contributed by atoms with E-state index in [1.54, 1.807) is 6.07 Å². The number of rotatable bonds is 4. The Morgan fingerprint density at radius 1 is 1.15 bits per heavy atom. The molecule has 0 amide bonds. The van der Waals surface area contributed by atoms with Gasteiger partial charge in [0.25, 0.3) is 0 Å². The predicted octanol–water partition coefficient (Wildman–Crippen LogP) is 4.64. The number of benzene rings is 2. The molecule has 0 aliphatic carbocycles. The van der Waals surface area contributed by atoms with Crippen LogP contribution in [0.5, 0.6) is 0 Å².